The Balaban J connectivity index is 2.76. The molecule has 0 radical (unpaired) electrons. The van der Waals surface area contributed by atoms with Crippen LogP contribution in [0.3, 0.4) is 0 Å². The molecule has 0 heterocycles. The van der Waals surface area contributed by atoms with Crippen LogP contribution in [0, 0.1) is 0 Å². The van der Waals surface area contributed by atoms with Gasteiger partial charge in [-0.25, -0.2) is 4.79 Å². The number of hydrogen-bond acceptors (Lipinski definition) is 3. The zero-order valence-electron chi connectivity index (χ0n) is 8.32. The van der Waals surface area contributed by atoms with Crippen LogP contribution in [-0.4, -0.2) is 18.9 Å². The molecule has 0 aromatic heterocycles. The summed E-state index contributed by atoms with van der Waals surface area (Å²) in [5, 5.41) is 2.49. The van der Waals surface area contributed by atoms with Gasteiger partial charge in [0, 0.05) is 18.7 Å². The number of nitrogens with one attached hydrogen (secondary N) is 1. The summed E-state index contributed by atoms with van der Waals surface area (Å²) in [5.74, 6) is -0.327. The molecule has 0 aliphatic carbocycles. The van der Waals surface area contributed by atoms with Crippen molar-refractivity contribution in [3.63, 3.8) is 0 Å². The van der Waals surface area contributed by atoms with E-state index in [1.807, 2.05) is 0 Å². The van der Waals surface area contributed by atoms with Gasteiger partial charge in [0.1, 0.15) is 5.75 Å². The second-order valence-electron chi connectivity index (χ2n) is 2.73. The van der Waals surface area contributed by atoms with Gasteiger partial charge < -0.3 is 10.1 Å². The molecule has 0 fully saturated rings. The van der Waals surface area contributed by atoms with Gasteiger partial charge in [-0.15, -0.1) is 0 Å². The number of amides is 1. The van der Waals surface area contributed by atoms with Crippen LogP contribution < -0.4 is 10.1 Å². The second-order valence-corrected chi connectivity index (χ2v) is 2.73. The molecule has 0 unspecified atom stereocenters. The number of hydrogen-bond donors (Lipinski definition) is 1. The number of benzene rings is 1. The van der Waals surface area contributed by atoms with E-state index in [0.29, 0.717) is 11.3 Å². The van der Waals surface area contributed by atoms with Crippen LogP contribution in [0.25, 0.3) is 0 Å². The summed E-state index contributed by atoms with van der Waals surface area (Å²) in [7, 11) is 1.55. The maximum Gasteiger partial charge on any atom is 0.335 e. The fraction of sp³-hybridized carbons (Fsp3) is 0.0909. The van der Waals surface area contributed by atoms with E-state index in [-0.39, 0.29) is 5.91 Å². The second kappa shape index (κ2) is 4.95. The van der Waals surface area contributed by atoms with E-state index >= 15 is 0 Å². The Morgan fingerprint density at radius 3 is 2.40 bits per heavy atom. The highest BCUT2D eigenvalue weighted by Crippen LogP contribution is 2.12. The van der Waals surface area contributed by atoms with Crippen LogP contribution in [0.15, 0.2) is 36.9 Å². The van der Waals surface area contributed by atoms with Crippen molar-refractivity contribution < 1.29 is 14.3 Å². The van der Waals surface area contributed by atoms with E-state index in [9.17, 15) is 9.59 Å². The summed E-state index contributed by atoms with van der Waals surface area (Å²) in [6, 6.07) is 6.24. The van der Waals surface area contributed by atoms with E-state index in [2.05, 4.69) is 11.9 Å². The molecule has 0 spiro atoms. The first kappa shape index (κ1) is 11.0. The summed E-state index contributed by atoms with van der Waals surface area (Å²) >= 11 is 0. The smallest absolute Gasteiger partial charge is 0.335 e. The van der Waals surface area contributed by atoms with Gasteiger partial charge in [-0.1, -0.05) is 6.58 Å². The largest absolute Gasteiger partial charge is 0.423 e. The minimum Gasteiger partial charge on any atom is -0.423 e. The minimum atomic E-state index is -0.525. The Morgan fingerprint density at radius 2 is 1.93 bits per heavy atom. The molecule has 15 heavy (non-hydrogen) atoms. The first-order valence-electron chi connectivity index (χ1n) is 4.33. The highest BCUT2D eigenvalue weighted by molar-refractivity contribution is 5.94. The van der Waals surface area contributed by atoms with Crippen LogP contribution in [0.4, 0.5) is 0 Å². The van der Waals surface area contributed by atoms with Crippen LogP contribution in [0.2, 0.25) is 0 Å². The highest BCUT2D eigenvalue weighted by Gasteiger charge is 2.03. The zero-order valence-corrected chi connectivity index (χ0v) is 8.32. The molecule has 1 rings (SSSR count). The van der Waals surface area contributed by atoms with Crippen molar-refractivity contribution in [1.82, 2.24) is 5.32 Å². The number of carbonyl (C=O) groups excluding carboxylic acids is 2. The normalized spacial score (nSPS) is 9.13. The van der Waals surface area contributed by atoms with Crippen LogP contribution >= 0.6 is 0 Å². The van der Waals surface area contributed by atoms with Crippen molar-refractivity contribution >= 4 is 11.9 Å². The van der Waals surface area contributed by atoms with Gasteiger partial charge in [0.25, 0.3) is 5.91 Å². The van der Waals surface area contributed by atoms with E-state index in [1.54, 1.807) is 31.3 Å². The van der Waals surface area contributed by atoms with E-state index in [0.717, 1.165) is 6.08 Å². The molecule has 4 heteroatoms. The fourth-order valence-corrected chi connectivity index (χ4v) is 0.977. The molecule has 0 aliphatic rings. The lowest BCUT2D eigenvalue weighted by Crippen LogP contribution is -2.17. The number of esters is 1. The van der Waals surface area contributed by atoms with Crippen molar-refractivity contribution in [2.45, 2.75) is 0 Å². The molecule has 1 aromatic rings. The van der Waals surface area contributed by atoms with Crippen LogP contribution in [-0.2, 0) is 4.79 Å². The Hall–Kier alpha value is -2.10. The van der Waals surface area contributed by atoms with Crippen LogP contribution in [0.1, 0.15) is 10.4 Å². The molecule has 0 bridgehead atoms. The lowest BCUT2D eigenvalue weighted by Gasteiger charge is -2.02. The maximum absolute atomic E-state index is 11.2. The molecule has 78 valence electrons. The molecule has 0 saturated carbocycles. The molecule has 0 atom stereocenters. The van der Waals surface area contributed by atoms with Crippen LogP contribution in [0.5, 0.6) is 5.75 Å². The average Bonchev–Trinajstić information content (AvgIpc) is 2.29. The fourth-order valence-electron chi connectivity index (χ4n) is 0.977. The Labute approximate surface area is 87.6 Å². The van der Waals surface area contributed by atoms with Gasteiger partial charge in [0.05, 0.1) is 0 Å². The van der Waals surface area contributed by atoms with Crippen molar-refractivity contribution in [3.8, 4) is 5.75 Å². The monoisotopic (exact) mass is 205 g/mol. The topological polar surface area (TPSA) is 55.4 Å². The van der Waals surface area contributed by atoms with Gasteiger partial charge in [-0.05, 0) is 24.3 Å². The molecular weight excluding hydrogens is 194 g/mol. The number of carbonyl (C=O) groups is 2. The quantitative estimate of drug-likeness (QED) is 0.457. The first-order chi connectivity index (χ1) is 7.17. The maximum atomic E-state index is 11.2. The molecule has 0 saturated heterocycles. The Kier molecular flexibility index (Phi) is 3.62. The predicted octanol–water partition coefficient (Wildman–Crippen LogP) is 1.14. The van der Waals surface area contributed by atoms with Gasteiger partial charge in [-0.3, -0.25) is 4.79 Å². The van der Waals surface area contributed by atoms with Gasteiger partial charge >= 0.3 is 5.97 Å². The van der Waals surface area contributed by atoms with E-state index in [1.165, 1.54) is 0 Å². The molecule has 4 nitrogen and oxygen atoms in total. The first-order valence-corrected chi connectivity index (χ1v) is 4.33. The summed E-state index contributed by atoms with van der Waals surface area (Å²) in [5.41, 5.74) is 0.510. The van der Waals surface area contributed by atoms with Gasteiger partial charge in [0.2, 0.25) is 0 Å². The van der Waals surface area contributed by atoms with Crippen molar-refractivity contribution in [2.75, 3.05) is 7.05 Å². The standard InChI is InChI=1S/C11H11NO3/c1-3-10(13)15-9-6-4-8(5-7-9)11(14)12-2/h3-7H,1H2,2H3,(H,12,14). The summed E-state index contributed by atoms with van der Waals surface area (Å²) in [4.78, 5) is 22.0. The summed E-state index contributed by atoms with van der Waals surface area (Å²) in [6.07, 6.45) is 1.08. The van der Waals surface area contributed by atoms with Gasteiger partial charge in [0.15, 0.2) is 0 Å². The molecule has 1 aromatic carbocycles. The third kappa shape index (κ3) is 2.95. The third-order valence-corrected chi connectivity index (χ3v) is 1.73. The predicted molar refractivity (Wildman–Crippen MR) is 55.7 cm³/mol. The zero-order chi connectivity index (χ0) is 11.3. The molecular formula is C11H11NO3. The SMILES string of the molecule is C=CC(=O)Oc1ccc(C(=O)NC)cc1. The number of ether oxygens (including phenoxy) is 1. The average molecular weight is 205 g/mol. The van der Waals surface area contributed by atoms with Crippen molar-refractivity contribution in [1.29, 1.82) is 0 Å². The third-order valence-electron chi connectivity index (χ3n) is 1.73. The summed E-state index contributed by atoms with van der Waals surface area (Å²) < 4.78 is 4.84. The molecule has 1 N–H and O–H groups in total. The minimum absolute atomic E-state index is 0.184. The number of rotatable bonds is 3. The lowest BCUT2D eigenvalue weighted by molar-refractivity contribution is -0.128. The lowest BCUT2D eigenvalue weighted by atomic mass is 10.2. The summed E-state index contributed by atoms with van der Waals surface area (Å²) in [6.45, 7) is 3.28. The molecule has 0 aliphatic heterocycles. The van der Waals surface area contributed by atoms with Gasteiger partial charge in [-0.2, -0.15) is 0 Å². The van der Waals surface area contributed by atoms with Crippen molar-refractivity contribution in [3.05, 3.63) is 42.5 Å². The van der Waals surface area contributed by atoms with E-state index in [4.69, 9.17) is 4.74 Å². The Bertz CT molecular complexity index is 381. The molecule has 1 amide bonds. The highest BCUT2D eigenvalue weighted by atomic mass is 16.5. The Morgan fingerprint density at radius 1 is 1.33 bits per heavy atom. The van der Waals surface area contributed by atoms with E-state index < -0.39 is 5.97 Å². The van der Waals surface area contributed by atoms with Crippen molar-refractivity contribution in [2.24, 2.45) is 0 Å².